The molecule has 27 heavy (non-hydrogen) atoms. The fourth-order valence-corrected chi connectivity index (χ4v) is 3.03. The van der Waals surface area contributed by atoms with Crippen molar-refractivity contribution < 1.29 is 18.7 Å². The van der Waals surface area contributed by atoms with E-state index in [1.165, 1.54) is 25.3 Å². The highest BCUT2D eigenvalue weighted by molar-refractivity contribution is 7.98. The van der Waals surface area contributed by atoms with Crippen molar-refractivity contribution in [3.8, 4) is 5.75 Å². The predicted molar refractivity (Wildman–Crippen MR) is 107 cm³/mol. The Labute approximate surface area is 166 Å². The molecule has 0 spiro atoms. The zero-order valence-corrected chi connectivity index (χ0v) is 16.5. The highest BCUT2D eigenvalue weighted by Gasteiger charge is 2.23. The van der Waals surface area contributed by atoms with Crippen LogP contribution in [0.1, 0.15) is 16.8 Å². The second kappa shape index (κ2) is 10.2. The van der Waals surface area contributed by atoms with Crippen molar-refractivity contribution in [2.45, 2.75) is 12.5 Å². The number of nitrogens with one attached hydrogen (secondary N) is 2. The van der Waals surface area contributed by atoms with Crippen LogP contribution in [0.5, 0.6) is 5.75 Å². The quantitative estimate of drug-likeness (QED) is 0.690. The largest absolute Gasteiger partial charge is 0.496 e. The summed E-state index contributed by atoms with van der Waals surface area (Å²) >= 11 is 7.31. The average molecular weight is 411 g/mol. The Morgan fingerprint density at radius 3 is 2.67 bits per heavy atom. The number of hydrogen-bond acceptors (Lipinski definition) is 4. The third-order valence-corrected chi connectivity index (χ3v) is 4.70. The van der Waals surface area contributed by atoms with Gasteiger partial charge >= 0.3 is 0 Å². The molecule has 2 amide bonds. The van der Waals surface area contributed by atoms with E-state index in [4.69, 9.17) is 16.3 Å². The number of hydrogen-bond donors (Lipinski definition) is 2. The molecular weight excluding hydrogens is 391 g/mol. The summed E-state index contributed by atoms with van der Waals surface area (Å²) in [5.41, 5.74) is 0.693. The third kappa shape index (κ3) is 5.87. The molecule has 1 unspecified atom stereocenters. The highest BCUT2D eigenvalue weighted by atomic mass is 35.5. The summed E-state index contributed by atoms with van der Waals surface area (Å²) in [5, 5.41) is 5.31. The molecule has 2 aromatic rings. The smallest absolute Gasteiger partial charge is 0.255 e. The van der Waals surface area contributed by atoms with Gasteiger partial charge in [-0.25, -0.2) is 4.39 Å². The molecule has 0 aromatic heterocycles. The molecule has 5 nitrogen and oxygen atoms in total. The lowest BCUT2D eigenvalue weighted by molar-refractivity contribution is -0.118. The van der Waals surface area contributed by atoms with E-state index in [2.05, 4.69) is 10.6 Å². The number of methoxy groups -OCH3 is 1. The molecule has 0 radical (unpaired) electrons. The van der Waals surface area contributed by atoms with Gasteiger partial charge in [0.05, 0.1) is 17.7 Å². The highest BCUT2D eigenvalue weighted by Crippen LogP contribution is 2.20. The number of thioether (sulfide) groups is 1. The van der Waals surface area contributed by atoms with Gasteiger partial charge in [-0.15, -0.1) is 0 Å². The van der Waals surface area contributed by atoms with Crippen molar-refractivity contribution in [1.82, 2.24) is 5.32 Å². The van der Waals surface area contributed by atoms with Crippen LogP contribution < -0.4 is 15.4 Å². The molecule has 0 saturated heterocycles. The first-order chi connectivity index (χ1) is 13.0. The number of halogens is 2. The lowest BCUT2D eigenvalue weighted by Crippen LogP contribution is -2.44. The Kier molecular flexibility index (Phi) is 7.94. The Balaban J connectivity index is 2.14. The van der Waals surface area contributed by atoms with E-state index >= 15 is 0 Å². The number of carbonyl (C=O) groups is 2. The maximum atomic E-state index is 13.3. The molecule has 2 aromatic carbocycles. The van der Waals surface area contributed by atoms with Gasteiger partial charge < -0.3 is 15.4 Å². The molecule has 0 heterocycles. The Morgan fingerprint density at radius 1 is 1.26 bits per heavy atom. The van der Waals surface area contributed by atoms with Crippen LogP contribution in [0.25, 0.3) is 0 Å². The number of rotatable bonds is 8. The molecule has 2 N–H and O–H groups in total. The summed E-state index contributed by atoms with van der Waals surface area (Å²) in [6, 6.07) is 9.90. The summed E-state index contributed by atoms with van der Waals surface area (Å²) in [5.74, 6) is -0.294. The van der Waals surface area contributed by atoms with Crippen molar-refractivity contribution in [2.75, 3.05) is 24.4 Å². The summed E-state index contributed by atoms with van der Waals surface area (Å²) in [7, 11) is 1.47. The van der Waals surface area contributed by atoms with Crippen LogP contribution in [0.4, 0.5) is 10.1 Å². The minimum absolute atomic E-state index is 0.0912. The fraction of sp³-hybridized carbons (Fsp3) is 0.263. The van der Waals surface area contributed by atoms with Crippen LogP contribution in [0.15, 0.2) is 42.5 Å². The molecule has 144 valence electrons. The SMILES string of the molecule is COc1ccccc1C(=O)NC(CCSC)C(=O)Nc1ccc(F)c(Cl)c1. The van der Waals surface area contributed by atoms with Gasteiger partial charge in [0.25, 0.3) is 5.91 Å². The number of carbonyl (C=O) groups excluding carboxylic acids is 2. The standard InChI is InChI=1S/C19H20ClFN2O3S/c1-26-17-6-4-3-5-13(17)18(24)23-16(9-10-27-2)19(25)22-12-7-8-15(21)14(20)11-12/h3-8,11,16H,9-10H2,1-2H3,(H,22,25)(H,23,24). The normalized spacial score (nSPS) is 11.6. The van der Waals surface area contributed by atoms with Crippen molar-refractivity contribution in [1.29, 1.82) is 0 Å². The first-order valence-corrected chi connectivity index (χ1v) is 9.92. The number of benzene rings is 2. The van der Waals surface area contributed by atoms with Crippen LogP contribution in [0.2, 0.25) is 5.02 Å². The van der Waals surface area contributed by atoms with Gasteiger partial charge in [-0.1, -0.05) is 23.7 Å². The van der Waals surface area contributed by atoms with Crippen LogP contribution in [-0.4, -0.2) is 37.0 Å². The Morgan fingerprint density at radius 2 is 2.00 bits per heavy atom. The van der Waals surface area contributed by atoms with Crippen LogP contribution in [-0.2, 0) is 4.79 Å². The monoisotopic (exact) mass is 410 g/mol. The number of para-hydroxylation sites is 1. The molecule has 0 fully saturated rings. The van der Waals surface area contributed by atoms with Gasteiger partial charge in [0.15, 0.2) is 0 Å². The topological polar surface area (TPSA) is 67.4 Å². The van der Waals surface area contributed by atoms with E-state index in [9.17, 15) is 14.0 Å². The minimum atomic E-state index is -0.765. The molecular formula is C19H20ClFN2O3S. The van der Waals surface area contributed by atoms with Gasteiger partial charge in [-0.2, -0.15) is 11.8 Å². The molecule has 8 heteroatoms. The lowest BCUT2D eigenvalue weighted by Gasteiger charge is -2.19. The molecule has 0 aliphatic heterocycles. The molecule has 0 bridgehead atoms. The van der Waals surface area contributed by atoms with Crippen LogP contribution >= 0.6 is 23.4 Å². The molecule has 0 aliphatic carbocycles. The van der Waals surface area contributed by atoms with E-state index in [-0.39, 0.29) is 5.02 Å². The van der Waals surface area contributed by atoms with Crippen LogP contribution in [0.3, 0.4) is 0 Å². The number of anilines is 1. The van der Waals surface area contributed by atoms with E-state index in [0.717, 1.165) is 0 Å². The molecule has 0 saturated carbocycles. The van der Waals surface area contributed by atoms with Crippen molar-refractivity contribution >= 4 is 40.9 Å². The first-order valence-electron chi connectivity index (χ1n) is 8.15. The summed E-state index contributed by atoms with van der Waals surface area (Å²) in [6.07, 6.45) is 2.35. The van der Waals surface area contributed by atoms with Crippen molar-refractivity contribution in [3.05, 3.63) is 58.9 Å². The predicted octanol–water partition coefficient (Wildman–Crippen LogP) is 3.98. The van der Waals surface area contributed by atoms with Gasteiger partial charge in [-0.3, -0.25) is 9.59 Å². The molecule has 1 atom stereocenters. The second-order valence-corrected chi connectivity index (χ2v) is 7.02. The Bertz CT molecular complexity index is 819. The second-order valence-electron chi connectivity index (χ2n) is 5.63. The summed E-state index contributed by atoms with van der Waals surface area (Å²) < 4.78 is 18.5. The first kappa shape index (κ1) is 21.1. The zero-order valence-electron chi connectivity index (χ0n) is 14.9. The lowest BCUT2D eigenvalue weighted by atomic mass is 10.1. The van der Waals surface area contributed by atoms with Crippen LogP contribution in [0, 0.1) is 5.82 Å². The maximum Gasteiger partial charge on any atom is 0.255 e. The van der Waals surface area contributed by atoms with Gasteiger partial charge in [0.2, 0.25) is 5.91 Å². The van der Waals surface area contributed by atoms with Crippen molar-refractivity contribution in [3.63, 3.8) is 0 Å². The average Bonchev–Trinajstić information content (AvgIpc) is 2.67. The number of amides is 2. The summed E-state index contributed by atoms with van der Waals surface area (Å²) in [6.45, 7) is 0. The fourth-order valence-electron chi connectivity index (χ4n) is 2.38. The third-order valence-electron chi connectivity index (χ3n) is 3.77. The Hall–Kier alpha value is -2.25. The minimum Gasteiger partial charge on any atom is -0.496 e. The van der Waals surface area contributed by atoms with Gasteiger partial charge in [-0.05, 0) is 48.8 Å². The molecule has 0 aliphatic rings. The van der Waals surface area contributed by atoms with E-state index < -0.39 is 23.7 Å². The van der Waals surface area contributed by atoms with Crippen molar-refractivity contribution in [2.24, 2.45) is 0 Å². The number of ether oxygens (including phenoxy) is 1. The van der Waals surface area contributed by atoms with E-state index in [1.807, 2.05) is 6.26 Å². The summed E-state index contributed by atoms with van der Waals surface area (Å²) in [4.78, 5) is 25.2. The van der Waals surface area contributed by atoms with Gasteiger partial charge in [0, 0.05) is 5.69 Å². The zero-order chi connectivity index (χ0) is 19.8. The van der Waals surface area contributed by atoms with E-state index in [1.54, 1.807) is 36.0 Å². The maximum absolute atomic E-state index is 13.3. The van der Waals surface area contributed by atoms with Gasteiger partial charge in [0.1, 0.15) is 17.6 Å². The molecule has 2 rings (SSSR count). The van der Waals surface area contributed by atoms with E-state index in [0.29, 0.717) is 29.2 Å².